The number of carbonyl (C=O) groups is 4. The number of imide groups is 2. The average molecular weight is 721 g/mol. The van der Waals surface area contributed by atoms with Gasteiger partial charge in [-0.1, -0.05) is 30.1 Å². The van der Waals surface area contributed by atoms with Gasteiger partial charge in [-0.05, 0) is 83.4 Å². The van der Waals surface area contributed by atoms with Crippen molar-refractivity contribution in [1.82, 2.24) is 5.32 Å². The molecule has 1 saturated heterocycles. The molecule has 0 bridgehead atoms. The number of ether oxygens (including phenoxy) is 4. The molecule has 0 spiro atoms. The molecule has 0 aliphatic carbocycles. The fraction of sp³-hybridized carbons (Fsp3) is 0.226. The number of carbonyl (C=O) groups excluding carboxylic acids is 4. The number of urea groups is 1. The highest BCUT2D eigenvalue weighted by Crippen LogP contribution is 2.38. The van der Waals surface area contributed by atoms with Crippen LogP contribution in [0.4, 0.5) is 16.2 Å². The first kappa shape index (κ1) is 33.6. The molecule has 1 aliphatic heterocycles. The minimum atomic E-state index is -0.912. The van der Waals surface area contributed by atoms with Crippen LogP contribution in [0, 0.1) is 0 Å². The van der Waals surface area contributed by atoms with Crippen LogP contribution >= 0.6 is 39.1 Å². The van der Waals surface area contributed by atoms with E-state index in [-0.39, 0.29) is 41.0 Å². The predicted molar refractivity (Wildman–Crippen MR) is 174 cm³/mol. The Morgan fingerprint density at radius 3 is 2.42 bits per heavy atom. The summed E-state index contributed by atoms with van der Waals surface area (Å²) in [6, 6.07) is 11.4. The molecule has 0 saturated carbocycles. The van der Waals surface area contributed by atoms with E-state index in [1.165, 1.54) is 37.5 Å². The van der Waals surface area contributed by atoms with Gasteiger partial charge in [-0.25, -0.2) is 9.69 Å². The van der Waals surface area contributed by atoms with Crippen molar-refractivity contribution in [2.75, 3.05) is 37.1 Å². The molecule has 0 unspecified atom stereocenters. The second kappa shape index (κ2) is 15.2. The quantitative estimate of drug-likeness (QED) is 0.157. The number of amides is 5. The number of nitrogens with zero attached hydrogens (tertiary/aromatic N) is 1. The van der Waals surface area contributed by atoms with Gasteiger partial charge in [-0.3, -0.25) is 19.7 Å². The van der Waals surface area contributed by atoms with Crippen molar-refractivity contribution in [2.45, 2.75) is 20.3 Å². The van der Waals surface area contributed by atoms with Crippen LogP contribution in [0.5, 0.6) is 23.0 Å². The summed E-state index contributed by atoms with van der Waals surface area (Å²) in [7, 11) is 1.44. The number of methoxy groups -OCH3 is 1. The Bertz CT molecular complexity index is 1680. The smallest absolute Gasteiger partial charge is 0.335 e. The summed E-state index contributed by atoms with van der Waals surface area (Å²) < 4.78 is 22.9. The molecule has 0 atom stereocenters. The van der Waals surface area contributed by atoms with Crippen molar-refractivity contribution in [3.8, 4) is 23.0 Å². The molecule has 3 aromatic carbocycles. The Kier molecular flexibility index (Phi) is 11.3. The summed E-state index contributed by atoms with van der Waals surface area (Å²) in [5.41, 5.74) is 0.692. The minimum Gasteiger partial charge on any atom is -0.493 e. The van der Waals surface area contributed by atoms with E-state index in [4.69, 9.17) is 42.1 Å². The highest BCUT2D eigenvalue weighted by molar-refractivity contribution is 9.10. The van der Waals surface area contributed by atoms with Gasteiger partial charge < -0.3 is 24.3 Å². The molecule has 45 heavy (non-hydrogen) atoms. The SMILES string of the molecule is CCCOc1ccc(N2C(=O)NC(=O)/C(=C/c3cc(Br)c(OCC(=O)Nc4ccc(Cl)c(Cl)c4)c(OCC)c3)C2=O)cc1OC. The summed E-state index contributed by atoms with van der Waals surface area (Å²) >= 11 is 15.4. The first-order valence-electron chi connectivity index (χ1n) is 13.6. The Hall–Kier alpha value is -4.26. The van der Waals surface area contributed by atoms with Gasteiger partial charge in [0.15, 0.2) is 29.6 Å². The van der Waals surface area contributed by atoms with E-state index in [0.29, 0.717) is 38.9 Å². The van der Waals surface area contributed by atoms with Crippen LogP contribution in [0.25, 0.3) is 6.08 Å². The highest BCUT2D eigenvalue weighted by atomic mass is 79.9. The Labute approximate surface area is 277 Å². The zero-order valence-corrected chi connectivity index (χ0v) is 27.5. The first-order valence-corrected chi connectivity index (χ1v) is 15.2. The van der Waals surface area contributed by atoms with Crippen molar-refractivity contribution < 1.29 is 38.1 Å². The summed E-state index contributed by atoms with van der Waals surface area (Å²) in [6.07, 6.45) is 2.10. The molecular formula is C31H28BrCl2N3O8. The van der Waals surface area contributed by atoms with Crippen LogP contribution in [-0.2, 0) is 14.4 Å². The second-order valence-electron chi connectivity index (χ2n) is 9.37. The molecule has 5 amide bonds. The first-order chi connectivity index (χ1) is 21.6. The lowest BCUT2D eigenvalue weighted by Crippen LogP contribution is -2.54. The highest BCUT2D eigenvalue weighted by Gasteiger charge is 2.37. The number of barbiturate groups is 1. The maximum absolute atomic E-state index is 13.5. The normalized spacial score (nSPS) is 13.9. The van der Waals surface area contributed by atoms with E-state index < -0.39 is 23.8 Å². The van der Waals surface area contributed by atoms with Crippen molar-refractivity contribution >= 4 is 80.3 Å². The lowest BCUT2D eigenvalue weighted by atomic mass is 10.1. The van der Waals surface area contributed by atoms with E-state index in [0.717, 1.165) is 11.3 Å². The topological polar surface area (TPSA) is 132 Å². The van der Waals surface area contributed by atoms with Crippen molar-refractivity contribution in [1.29, 1.82) is 0 Å². The number of hydrogen-bond donors (Lipinski definition) is 2. The van der Waals surface area contributed by atoms with Crippen LogP contribution in [-0.4, -0.2) is 50.7 Å². The molecule has 1 fully saturated rings. The van der Waals surface area contributed by atoms with Gasteiger partial charge in [0.25, 0.3) is 17.7 Å². The molecule has 4 rings (SSSR count). The summed E-state index contributed by atoms with van der Waals surface area (Å²) in [4.78, 5) is 52.5. The molecule has 236 valence electrons. The molecule has 1 aliphatic rings. The van der Waals surface area contributed by atoms with Gasteiger partial charge in [0.2, 0.25) is 0 Å². The third-order valence-electron chi connectivity index (χ3n) is 6.16. The Morgan fingerprint density at radius 1 is 0.956 bits per heavy atom. The van der Waals surface area contributed by atoms with Crippen molar-refractivity contribution in [3.05, 3.63) is 74.2 Å². The van der Waals surface area contributed by atoms with Crippen LogP contribution in [0.3, 0.4) is 0 Å². The van der Waals surface area contributed by atoms with Gasteiger partial charge in [0.1, 0.15) is 5.57 Å². The predicted octanol–water partition coefficient (Wildman–Crippen LogP) is 6.64. The standard InChI is InChI=1S/C31H28BrCl2N3O8/c1-4-10-44-24-9-7-19(15-25(24)42-3)37-30(40)20(29(39)36-31(37)41)11-17-12-21(32)28(26(13-17)43-5-2)45-16-27(38)35-18-6-8-22(33)23(34)14-18/h6-9,11-15H,4-5,10,16H2,1-3H3,(H,35,38)(H,36,39,41)/b20-11-. The monoisotopic (exact) mass is 719 g/mol. The third-order valence-corrected chi connectivity index (χ3v) is 7.49. The molecule has 0 radical (unpaired) electrons. The van der Waals surface area contributed by atoms with Gasteiger partial charge in [0.05, 0.1) is 40.5 Å². The molecule has 1 heterocycles. The number of nitrogens with one attached hydrogen (secondary N) is 2. The number of anilines is 2. The lowest BCUT2D eigenvalue weighted by molar-refractivity contribution is -0.122. The maximum atomic E-state index is 13.5. The van der Waals surface area contributed by atoms with E-state index >= 15 is 0 Å². The van der Waals surface area contributed by atoms with E-state index in [1.807, 2.05) is 6.92 Å². The molecule has 3 aromatic rings. The fourth-order valence-electron chi connectivity index (χ4n) is 4.17. The van der Waals surface area contributed by atoms with E-state index in [2.05, 4.69) is 26.6 Å². The van der Waals surface area contributed by atoms with Gasteiger partial charge in [0, 0.05) is 11.8 Å². The molecule has 14 heteroatoms. The van der Waals surface area contributed by atoms with Crippen LogP contribution in [0.15, 0.2) is 58.6 Å². The number of benzene rings is 3. The molecule has 11 nitrogen and oxygen atoms in total. The largest absolute Gasteiger partial charge is 0.493 e. The number of rotatable bonds is 12. The van der Waals surface area contributed by atoms with Gasteiger partial charge in [-0.15, -0.1) is 0 Å². The number of hydrogen-bond acceptors (Lipinski definition) is 8. The minimum absolute atomic E-state index is 0.177. The van der Waals surface area contributed by atoms with Gasteiger partial charge >= 0.3 is 6.03 Å². The van der Waals surface area contributed by atoms with Crippen LogP contribution in [0.2, 0.25) is 10.0 Å². The molecule has 0 aromatic heterocycles. The summed E-state index contributed by atoms with van der Waals surface area (Å²) in [5, 5.41) is 5.50. The zero-order valence-electron chi connectivity index (χ0n) is 24.4. The van der Waals surface area contributed by atoms with E-state index in [1.54, 1.807) is 31.2 Å². The summed E-state index contributed by atoms with van der Waals surface area (Å²) in [6.45, 7) is 4.05. The lowest BCUT2D eigenvalue weighted by Gasteiger charge is -2.27. The Morgan fingerprint density at radius 2 is 1.73 bits per heavy atom. The molecular weight excluding hydrogens is 693 g/mol. The Balaban J connectivity index is 1.58. The van der Waals surface area contributed by atoms with Crippen LogP contribution < -0.4 is 34.5 Å². The zero-order chi connectivity index (χ0) is 32.7. The average Bonchev–Trinajstić information content (AvgIpc) is 3.00. The fourth-order valence-corrected chi connectivity index (χ4v) is 5.04. The van der Waals surface area contributed by atoms with Crippen LogP contribution in [0.1, 0.15) is 25.8 Å². The van der Waals surface area contributed by atoms with E-state index in [9.17, 15) is 19.2 Å². The maximum Gasteiger partial charge on any atom is 0.335 e. The number of halogens is 3. The third kappa shape index (κ3) is 8.07. The second-order valence-corrected chi connectivity index (χ2v) is 11.0. The van der Waals surface area contributed by atoms with Crippen molar-refractivity contribution in [3.63, 3.8) is 0 Å². The molecule has 2 N–H and O–H groups in total. The van der Waals surface area contributed by atoms with Gasteiger partial charge in [-0.2, -0.15) is 0 Å². The summed E-state index contributed by atoms with van der Waals surface area (Å²) in [5.74, 6) is -0.963. The van der Waals surface area contributed by atoms with Crippen molar-refractivity contribution in [2.24, 2.45) is 0 Å².